The largest absolute Gasteiger partial charge is 0.310 e. The Kier molecular flexibility index (Phi) is 7.36. The summed E-state index contributed by atoms with van der Waals surface area (Å²) < 4.78 is 0. The molecule has 0 saturated carbocycles. The van der Waals surface area contributed by atoms with Gasteiger partial charge >= 0.3 is 0 Å². The number of aromatic nitrogens is 3. The molecule has 1 aromatic heterocycles. The van der Waals surface area contributed by atoms with Crippen LogP contribution in [-0.4, -0.2) is 15.0 Å². The topological polar surface area (TPSA) is 41.9 Å². The van der Waals surface area contributed by atoms with Crippen LogP contribution in [-0.2, 0) is 5.41 Å². The Morgan fingerprint density at radius 2 is 0.750 bits per heavy atom. The molecule has 9 aromatic rings. The van der Waals surface area contributed by atoms with Crippen molar-refractivity contribution in [3.8, 4) is 56.4 Å². The average Bonchev–Trinajstić information content (AvgIpc) is 3.57. The second-order valence-corrected chi connectivity index (χ2v) is 14.4. The first-order valence-electron chi connectivity index (χ1n) is 19.0. The van der Waals surface area contributed by atoms with Gasteiger partial charge in [-0.15, -0.1) is 0 Å². The minimum atomic E-state index is -0.489. The van der Waals surface area contributed by atoms with Crippen molar-refractivity contribution in [1.29, 1.82) is 0 Å². The monoisotopic (exact) mass is 714 g/mol. The van der Waals surface area contributed by atoms with Crippen LogP contribution < -0.4 is 4.90 Å². The maximum atomic E-state index is 5.02. The third-order valence-electron chi connectivity index (χ3n) is 11.3. The van der Waals surface area contributed by atoms with Crippen molar-refractivity contribution in [2.24, 2.45) is 0 Å². The number of anilines is 3. The predicted octanol–water partition coefficient (Wildman–Crippen LogP) is 12.7. The zero-order chi connectivity index (χ0) is 37.1. The Morgan fingerprint density at radius 3 is 1.38 bits per heavy atom. The molecule has 1 aliphatic heterocycles. The van der Waals surface area contributed by atoms with Crippen molar-refractivity contribution in [1.82, 2.24) is 15.0 Å². The van der Waals surface area contributed by atoms with Gasteiger partial charge in [-0.25, -0.2) is 15.0 Å². The van der Waals surface area contributed by atoms with Crippen LogP contribution in [0.25, 0.3) is 56.4 Å². The van der Waals surface area contributed by atoms with Crippen LogP contribution in [0.15, 0.2) is 206 Å². The van der Waals surface area contributed by atoms with Crippen molar-refractivity contribution in [2.75, 3.05) is 4.90 Å². The summed E-state index contributed by atoms with van der Waals surface area (Å²) in [7, 11) is 0. The van der Waals surface area contributed by atoms with E-state index in [4.69, 9.17) is 15.0 Å². The number of benzene rings is 8. The summed E-state index contributed by atoms with van der Waals surface area (Å²) in [6, 6.07) is 73.5. The second kappa shape index (κ2) is 12.9. The van der Waals surface area contributed by atoms with Gasteiger partial charge in [0.25, 0.3) is 0 Å². The van der Waals surface area contributed by atoms with E-state index in [2.05, 4.69) is 150 Å². The highest BCUT2D eigenvalue weighted by Crippen LogP contribution is 2.63. The summed E-state index contributed by atoms with van der Waals surface area (Å²) in [5.41, 5.74) is 15.8. The van der Waals surface area contributed by atoms with Gasteiger partial charge in [0.15, 0.2) is 17.5 Å². The third kappa shape index (κ3) is 4.89. The zero-order valence-electron chi connectivity index (χ0n) is 30.4. The lowest BCUT2D eigenvalue weighted by atomic mass is 9.64. The Hall–Kier alpha value is -7.43. The molecule has 56 heavy (non-hydrogen) atoms. The van der Waals surface area contributed by atoms with E-state index in [1.165, 1.54) is 44.8 Å². The Balaban J connectivity index is 1.08. The summed E-state index contributed by atoms with van der Waals surface area (Å²) in [6.45, 7) is 0. The molecular weight excluding hydrogens is 681 g/mol. The summed E-state index contributed by atoms with van der Waals surface area (Å²) in [5.74, 6) is 1.94. The van der Waals surface area contributed by atoms with Gasteiger partial charge in [-0.2, -0.15) is 0 Å². The van der Waals surface area contributed by atoms with E-state index in [1.54, 1.807) is 0 Å². The van der Waals surface area contributed by atoms with E-state index >= 15 is 0 Å². The molecule has 262 valence electrons. The van der Waals surface area contributed by atoms with E-state index in [0.717, 1.165) is 33.5 Å². The summed E-state index contributed by atoms with van der Waals surface area (Å²) in [6.07, 6.45) is 0. The third-order valence-corrected chi connectivity index (χ3v) is 11.3. The molecule has 11 rings (SSSR count). The molecule has 0 atom stereocenters. The number of nitrogens with zero attached hydrogens (tertiary/aromatic N) is 4. The lowest BCUT2D eigenvalue weighted by molar-refractivity contribution is 0.753. The zero-order valence-corrected chi connectivity index (χ0v) is 30.4. The van der Waals surface area contributed by atoms with Crippen LogP contribution in [0.3, 0.4) is 0 Å². The average molecular weight is 715 g/mol. The van der Waals surface area contributed by atoms with E-state index in [0.29, 0.717) is 17.5 Å². The number of hydrogen-bond donors (Lipinski definition) is 0. The van der Waals surface area contributed by atoms with Crippen LogP contribution in [0.5, 0.6) is 0 Å². The fraction of sp³-hybridized carbons (Fsp3) is 0.0192. The fourth-order valence-corrected chi connectivity index (χ4v) is 8.92. The highest BCUT2D eigenvalue weighted by Gasteiger charge is 2.51. The quantitative estimate of drug-likeness (QED) is 0.178. The standard InChI is InChI=1S/C52H34N4/c1-4-17-35(18-5-1)49-53-50(36-19-6-2-7-20-36)55-51(54-49)39-22-16-21-37(33-39)38-31-32-44-42(34-38)41-25-10-11-26-43(41)52(44)45-27-12-14-29-47(45)56(40-23-8-3-9-24-40)48-30-15-13-28-46(48)52/h1-34H. The first-order valence-corrected chi connectivity index (χ1v) is 19.0. The summed E-state index contributed by atoms with van der Waals surface area (Å²) in [4.78, 5) is 17.4. The van der Waals surface area contributed by atoms with Gasteiger partial charge in [-0.3, -0.25) is 0 Å². The van der Waals surface area contributed by atoms with Crippen molar-refractivity contribution in [2.45, 2.75) is 5.41 Å². The molecule has 0 saturated heterocycles. The van der Waals surface area contributed by atoms with Crippen LogP contribution in [0.2, 0.25) is 0 Å². The van der Waals surface area contributed by atoms with Crippen LogP contribution >= 0.6 is 0 Å². The highest BCUT2D eigenvalue weighted by atomic mass is 15.2. The smallest absolute Gasteiger partial charge is 0.164 e. The first kappa shape index (κ1) is 32.0. The first-order chi connectivity index (χ1) is 27.8. The van der Waals surface area contributed by atoms with Crippen molar-refractivity contribution in [3.05, 3.63) is 229 Å². The molecule has 4 nitrogen and oxygen atoms in total. The Labute approximate surface area is 326 Å². The minimum absolute atomic E-state index is 0.489. The van der Waals surface area contributed by atoms with Gasteiger partial charge in [0, 0.05) is 22.4 Å². The molecule has 1 spiro atoms. The van der Waals surface area contributed by atoms with E-state index in [9.17, 15) is 0 Å². The lowest BCUT2D eigenvalue weighted by Crippen LogP contribution is -2.36. The molecule has 4 heteroatoms. The molecule has 0 amide bonds. The molecule has 1 aliphatic carbocycles. The number of rotatable bonds is 5. The highest BCUT2D eigenvalue weighted by molar-refractivity contribution is 5.96. The van der Waals surface area contributed by atoms with Gasteiger partial charge < -0.3 is 4.90 Å². The van der Waals surface area contributed by atoms with Gasteiger partial charge in [-0.1, -0.05) is 170 Å². The van der Waals surface area contributed by atoms with Gasteiger partial charge in [0.05, 0.1) is 16.8 Å². The molecule has 2 aliphatic rings. The minimum Gasteiger partial charge on any atom is -0.310 e. The van der Waals surface area contributed by atoms with E-state index < -0.39 is 5.41 Å². The van der Waals surface area contributed by atoms with Gasteiger partial charge in [0.2, 0.25) is 0 Å². The number of para-hydroxylation sites is 3. The second-order valence-electron chi connectivity index (χ2n) is 14.4. The maximum Gasteiger partial charge on any atom is 0.164 e. The predicted molar refractivity (Wildman–Crippen MR) is 227 cm³/mol. The maximum absolute atomic E-state index is 5.02. The molecule has 0 radical (unpaired) electrons. The van der Waals surface area contributed by atoms with Crippen molar-refractivity contribution >= 4 is 17.1 Å². The number of hydrogen-bond acceptors (Lipinski definition) is 4. The van der Waals surface area contributed by atoms with Crippen molar-refractivity contribution < 1.29 is 0 Å². The number of fused-ring (bicyclic) bond motifs is 9. The Morgan fingerprint density at radius 1 is 0.304 bits per heavy atom. The molecule has 0 bridgehead atoms. The van der Waals surface area contributed by atoms with Crippen molar-refractivity contribution in [3.63, 3.8) is 0 Å². The molecule has 0 fully saturated rings. The van der Waals surface area contributed by atoms with Crippen LogP contribution in [0.4, 0.5) is 17.1 Å². The summed E-state index contributed by atoms with van der Waals surface area (Å²) in [5, 5.41) is 0. The van der Waals surface area contributed by atoms with Crippen LogP contribution in [0, 0.1) is 0 Å². The molecule has 0 N–H and O–H groups in total. The molecule has 8 aromatic carbocycles. The van der Waals surface area contributed by atoms with E-state index in [-0.39, 0.29) is 0 Å². The van der Waals surface area contributed by atoms with E-state index in [1.807, 2.05) is 60.7 Å². The van der Waals surface area contributed by atoms with Gasteiger partial charge in [-0.05, 0) is 80.9 Å². The lowest BCUT2D eigenvalue weighted by Gasteiger charge is -2.45. The Bertz CT molecular complexity index is 2820. The van der Waals surface area contributed by atoms with Crippen LogP contribution in [0.1, 0.15) is 22.3 Å². The summed E-state index contributed by atoms with van der Waals surface area (Å²) >= 11 is 0. The fourth-order valence-electron chi connectivity index (χ4n) is 8.92. The molecule has 2 heterocycles. The molecular formula is C52H34N4. The van der Waals surface area contributed by atoms with Gasteiger partial charge in [0.1, 0.15) is 0 Å². The molecule has 0 unspecified atom stereocenters. The SMILES string of the molecule is c1ccc(-c2nc(-c3ccccc3)nc(-c3cccc(-c4ccc5c(c4)-c4ccccc4C54c5ccccc5N(c5ccccc5)c5ccccc54)c3)n2)cc1. The normalized spacial score (nSPS) is 13.1.